The van der Waals surface area contributed by atoms with E-state index in [1.165, 1.54) is 6.39 Å². The molecule has 0 saturated carbocycles. The highest BCUT2D eigenvalue weighted by Crippen LogP contribution is 2.22. The number of anilines is 1. The molecule has 6 heteroatoms. The second-order valence-corrected chi connectivity index (χ2v) is 5.08. The third-order valence-electron chi connectivity index (χ3n) is 2.83. The van der Waals surface area contributed by atoms with E-state index in [1.54, 1.807) is 24.5 Å². The van der Waals surface area contributed by atoms with Gasteiger partial charge in [-0.15, -0.1) is 0 Å². The average molecular weight is 344 g/mol. The molecule has 0 radical (unpaired) electrons. The summed E-state index contributed by atoms with van der Waals surface area (Å²) in [5.41, 5.74) is 2.06. The molecule has 104 valence electrons. The van der Waals surface area contributed by atoms with Crippen LogP contribution in [0.15, 0.2) is 64.2 Å². The number of halogens is 1. The van der Waals surface area contributed by atoms with Crippen molar-refractivity contribution in [1.82, 2.24) is 9.97 Å². The van der Waals surface area contributed by atoms with Crippen molar-refractivity contribution >= 4 is 27.5 Å². The van der Waals surface area contributed by atoms with E-state index in [4.69, 9.17) is 4.42 Å². The van der Waals surface area contributed by atoms with Gasteiger partial charge in [0.15, 0.2) is 12.2 Å². The second-order valence-electron chi connectivity index (χ2n) is 4.27. The van der Waals surface area contributed by atoms with Crippen molar-refractivity contribution in [2.24, 2.45) is 0 Å². The van der Waals surface area contributed by atoms with Crippen molar-refractivity contribution in [2.75, 3.05) is 5.32 Å². The quantitative estimate of drug-likeness (QED) is 0.735. The smallest absolute Gasteiger partial charge is 0.255 e. The molecule has 0 fully saturated rings. The molecule has 0 aliphatic carbocycles. The minimum absolute atomic E-state index is 0.201. The van der Waals surface area contributed by atoms with Gasteiger partial charge in [-0.05, 0) is 40.2 Å². The van der Waals surface area contributed by atoms with Crippen molar-refractivity contribution in [2.45, 2.75) is 0 Å². The van der Waals surface area contributed by atoms with Crippen LogP contribution in [0.25, 0.3) is 11.3 Å². The minimum Gasteiger partial charge on any atom is -0.444 e. The lowest BCUT2D eigenvalue weighted by Crippen LogP contribution is -2.11. The number of nitrogens with one attached hydrogen (secondary N) is 1. The number of rotatable bonds is 3. The summed E-state index contributed by atoms with van der Waals surface area (Å²) in [5, 5.41) is 2.84. The summed E-state index contributed by atoms with van der Waals surface area (Å²) < 4.78 is 5.86. The lowest BCUT2D eigenvalue weighted by Gasteiger charge is -2.06. The highest BCUT2D eigenvalue weighted by molar-refractivity contribution is 9.10. The number of oxazole rings is 1. The van der Waals surface area contributed by atoms with E-state index in [0.717, 1.165) is 5.56 Å². The Labute approximate surface area is 129 Å². The van der Waals surface area contributed by atoms with E-state index < -0.39 is 0 Å². The van der Waals surface area contributed by atoms with Gasteiger partial charge in [0, 0.05) is 23.0 Å². The summed E-state index contributed by atoms with van der Waals surface area (Å²) in [6.45, 7) is 0. The molecule has 0 aliphatic heterocycles. The largest absolute Gasteiger partial charge is 0.444 e. The topological polar surface area (TPSA) is 68.0 Å². The van der Waals surface area contributed by atoms with E-state index in [2.05, 4.69) is 31.2 Å². The molecular weight excluding hydrogens is 334 g/mol. The maximum Gasteiger partial charge on any atom is 0.255 e. The second kappa shape index (κ2) is 5.88. The van der Waals surface area contributed by atoms with Crippen molar-refractivity contribution in [3.63, 3.8) is 0 Å². The van der Waals surface area contributed by atoms with Crippen LogP contribution in [0.2, 0.25) is 0 Å². The van der Waals surface area contributed by atoms with Crippen LogP contribution >= 0.6 is 15.9 Å². The van der Waals surface area contributed by atoms with Crippen LogP contribution < -0.4 is 5.32 Å². The van der Waals surface area contributed by atoms with E-state index >= 15 is 0 Å². The number of hydrogen-bond donors (Lipinski definition) is 1. The first-order valence-electron chi connectivity index (χ1n) is 6.14. The molecule has 21 heavy (non-hydrogen) atoms. The Hall–Kier alpha value is -2.47. The zero-order valence-electron chi connectivity index (χ0n) is 10.8. The molecule has 0 unspecified atom stereocenters. The normalized spacial score (nSPS) is 10.3. The maximum atomic E-state index is 12.2. The number of pyridine rings is 1. The van der Waals surface area contributed by atoms with Crippen LogP contribution in [0.1, 0.15) is 10.4 Å². The van der Waals surface area contributed by atoms with Gasteiger partial charge in [0.25, 0.3) is 5.91 Å². The summed E-state index contributed by atoms with van der Waals surface area (Å²) in [6.07, 6.45) is 4.57. The first kappa shape index (κ1) is 13.5. The summed E-state index contributed by atoms with van der Waals surface area (Å²) in [4.78, 5) is 20.0. The minimum atomic E-state index is -0.201. The highest BCUT2D eigenvalue weighted by Gasteiger charge is 2.08. The first-order chi connectivity index (χ1) is 10.2. The number of hydrogen-bond acceptors (Lipinski definition) is 4. The number of aromatic nitrogens is 2. The number of benzene rings is 1. The van der Waals surface area contributed by atoms with Crippen LogP contribution in [0, 0.1) is 0 Å². The molecule has 1 amide bonds. The zero-order valence-corrected chi connectivity index (χ0v) is 12.4. The summed E-state index contributed by atoms with van der Waals surface area (Å²) >= 11 is 3.24. The molecule has 2 aromatic heterocycles. The van der Waals surface area contributed by atoms with Gasteiger partial charge < -0.3 is 9.73 Å². The summed E-state index contributed by atoms with van der Waals surface area (Å²) in [6, 6.07) is 10.7. The predicted molar refractivity (Wildman–Crippen MR) is 81.8 cm³/mol. The SMILES string of the molecule is O=C(Nc1cccc(-c2cnco2)c1)c1ccnc(Br)c1. The molecule has 0 spiro atoms. The molecule has 1 N–H and O–H groups in total. The van der Waals surface area contributed by atoms with Crippen molar-refractivity contribution in [3.8, 4) is 11.3 Å². The molecule has 1 aromatic carbocycles. The lowest BCUT2D eigenvalue weighted by molar-refractivity contribution is 0.102. The van der Waals surface area contributed by atoms with E-state index in [1.807, 2.05) is 24.3 Å². The number of amides is 1. The van der Waals surface area contributed by atoms with E-state index in [-0.39, 0.29) is 5.91 Å². The van der Waals surface area contributed by atoms with Gasteiger partial charge in [-0.1, -0.05) is 12.1 Å². The van der Waals surface area contributed by atoms with Crippen molar-refractivity contribution in [1.29, 1.82) is 0 Å². The molecule has 0 saturated heterocycles. The first-order valence-corrected chi connectivity index (χ1v) is 6.93. The van der Waals surface area contributed by atoms with Crippen LogP contribution in [-0.2, 0) is 0 Å². The van der Waals surface area contributed by atoms with Crippen LogP contribution in [0.5, 0.6) is 0 Å². The predicted octanol–water partition coefficient (Wildman–Crippen LogP) is 3.75. The monoisotopic (exact) mass is 343 g/mol. The van der Waals surface area contributed by atoms with Gasteiger partial charge in [-0.2, -0.15) is 0 Å². The average Bonchev–Trinajstić information content (AvgIpc) is 3.02. The van der Waals surface area contributed by atoms with Gasteiger partial charge in [-0.3, -0.25) is 4.79 Å². The summed E-state index contributed by atoms with van der Waals surface area (Å²) in [5.74, 6) is 0.450. The highest BCUT2D eigenvalue weighted by atomic mass is 79.9. The molecule has 5 nitrogen and oxygen atoms in total. The lowest BCUT2D eigenvalue weighted by atomic mass is 10.1. The third-order valence-corrected chi connectivity index (χ3v) is 3.26. The molecular formula is C15H10BrN3O2. The summed E-state index contributed by atoms with van der Waals surface area (Å²) in [7, 11) is 0. The van der Waals surface area contributed by atoms with Gasteiger partial charge in [0.2, 0.25) is 0 Å². The van der Waals surface area contributed by atoms with Gasteiger partial charge in [0.05, 0.1) is 6.20 Å². The third kappa shape index (κ3) is 3.17. The van der Waals surface area contributed by atoms with E-state index in [9.17, 15) is 4.79 Å². The van der Waals surface area contributed by atoms with E-state index in [0.29, 0.717) is 21.6 Å². The maximum absolute atomic E-state index is 12.2. The molecule has 0 atom stereocenters. The van der Waals surface area contributed by atoms with Crippen LogP contribution in [0.4, 0.5) is 5.69 Å². The van der Waals surface area contributed by atoms with Gasteiger partial charge in [0.1, 0.15) is 4.60 Å². The standard InChI is InChI=1S/C15H10BrN3O2/c16-14-7-11(4-5-18-14)15(20)19-12-3-1-2-10(6-12)13-8-17-9-21-13/h1-9H,(H,19,20). The Morgan fingerprint density at radius 3 is 2.90 bits per heavy atom. The van der Waals surface area contributed by atoms with Crippen LogP contribution in [-0.4, -0.2) is 15.9 Å². The number of carbonyl (C=O) groups is 1. The molecule has 3 rings (SSSR count). The molecule has 2 heterocycles. The number of nitrogens with zero attached hydrogens (tertiary/aromatic N) is 2. The van der Waals surface area contributed by atoms with Gasteiger partial charge in [-0.25, -0.2) is 9.97 Å². The fourth-order valence-electron chi connectivity index (χ4n) is 1.86. The zero-order chi connectivity index (χ0) is 14.7. The Morgan fingerprint density at radius 2 is 2.14 bits per heavy atom. The van der Waals surface area contributed by atoms with Crippen molar-refractivity contribution < 1.29 is 9.21 Å². The fourth-order valence-corrected chi connectivity index (χ4v) is 2.22. The number of carbonyl (C=O) groups excluding carboxylic acids is 1. The Balaban J connectivity index is 1.82. The van der Waals surface area contributed by atoms with Crippen molar-refractivity contribution in [3.05, 3.63) is 65.4 Å². The molecule has 0 aliphatic rings. The Bertz CT molecular complexity index is 772. The molecule has 0 bridgehead atoms. The fraction of sp³-hybridized carbons (Fsp3) is 0. The Kier molecular flexibility index (Phi) is 3.79. The molecule has 3 aromatic rings. The van der Waals surface area contributed by atoms with Crippen LogP contribution in [0.3, 0.4) is 0 Å². The van der Waals surface area contributed by atoms with Gasteiger partial charge >= 0.3 is 0 Å². The Morgan fingerprint density at radius 1 is 1.24 bits per heavy atom.